The molecule has 1 aromatic rings. The second-order valence-corrected chi connectivity index (χ2v) is 7.33. The highest BCUT2D eigenvalue weighted by Crippen LogP contribution is 2.47. The number of fused-ring (bicyclic) bond motifs is 1. The van der Waals surface area contributed by atoms with Gasteiger partial charge < -0.3 is 15.3 Å². The van der Waals surface area contributed by atoms with Crippen molar-refractivity contribution in [3.63, 3.8) is 0 Å². The molecule has 1 aliphatic heterocycles. The number of carboxylic acid groups (broad SMARTS) is 1. The first-order valence-corrected chi connectivity index (χ1v) is 8.57. The van der Waals surface area contributed by atoms with Gasteiger partial charge in [0.15, 0.2) is 0 Å². The number of hydrogen-bond donors (Lipinski definition) is 2. The van der Waals surface area contributed by atoms with Crippen LogP contribution < -0.4 is 10.2 Å². The van der Waals surface area contributed by atoms with E-state index in [0.717, 1.165) is 17.7 Å². The molecule has 25 heavy (non-hydrogen) atoms. The summed E-state index contributed by atoms with van der Waals surface area (Å²) in [6.45, 7) is 12.2. The molecule has 0 radical (unpaired) electrons. The number of nitrogens with one attached hydrogen (secondary N) is 1. The fraction of sp³-hybridized carbons (Fsp3) is 0.526. The summed E-state index contributed by atoms with van der Waals surface area (Å²) in [6, 6.07) is 3.93. The van der Waals surface area contributed by atoms with Gasteiger partial charge in [0.2, 0.25) is 5.91 Å². The smallest absolute Gasteiger partial charge is 0.303 e. The summed E-state index contributed by atoms with van der Waals surface area (Å²) >= 11 is 0. The maximum Gasteiger partial charge on any atom is 0.303 e. The SMILES string of the molecule is C=Nc1cc2c(cc1NC(C)=O)N(CCCC(=O)O)C(C)(C)CC2C. The molecule has 2 rings (SSSR count). The Hall–Kier alpha value is -2.37. The molecule has 0 fully saturated rings. The zero-order valence-electron chi connectivity index (χ0n) is 15.4. The van der Waals surface area contributed by atoms with Gasteiger partial charge in [0, 0.05) is 31.1 Å². The number of nitrogens with zero attached hydrogens (tertiary/aromatic N) is 2. The second kappa shape index (κ2) is 7.25. The third-order valence-corrected chi connectivity index (χ3v) is 4.76. The first-order chi connectivity index (χ1) is 11.7. The van der Waals surface area contributed by atoms with Crippen LogP contribution in [0.4, 0.5) is 17.1 Å². The normalized spacial score (nSPS) is 18.4. The van der Waals surface area contributed by atoms with Crippen molar-refractivity contribution in [1.29, 1.82) is 0 Å². The number of amides is 1. The summed E-state index contributed by atoms with van der Waals surface area (Å²) in [5.41, 5.74) is 3.39. The Morgan fingerprint density at radius 2 is 2.12 bits per heavy atom. The van der Waals surface area contributed by atoms with E-state index in [9.17, 15) is 9.59 Å². The van der Waals surface area contributed by atoms with Gasteiger partial charge in [0.25, 0.3) is 0 Å². The van der Waals surface area contributed by atoms with Crippen LogP contribution in [0.1, 0.15) is 58.4 Å². The van der Waals surface area contributed by atoms with E-state index >= 15 is 0 Å². The average molecular weight is 345 g/mol. The highest BCUT2D eigenvalue weighted by molar-refractivity contribution is 5.94. The molecule has 1 aromatic carbocycles. The van der Waals surface area contributed by atoms with Crippen molar-refractivity contribution in [3.05, 3.63) is 17.7 Å². The Balaban J connectivity index is 2.48. The van der Waals surface area contributed by atoms with Gasteiger partial charge in [-0.2, -0.15) is 0 Å². The maximum atomic E-state index is 11.5. The molecule has 1 heterocycles. The minimum atomic E-state index is -0.784. The van der Waals surface area contributed by atoms with E-state index in [1.165, 1.54) is 6.92 Å². The number of carbonyl (C=O) groups is 2. The molecular weight excluding hydrogens is 318 g/mol. The number of rotatable bonds is 6. The molecule has 1 atom stereocenters. The van der Waals surface area contributed by atoms with Gasteiger partial charge in [-0.05, 0) is 57.0 Å². The Morgan fingerprint density at radius 1 is 1.44 bits per heavy atom. The Bertz CT molecular complexity index is 697. The zero-order chi connectivity index (χ0) is 18.8. The first-order valence-electron chi connectivity index (χ1n) is 8.57. The molecule has 1 amide bonds. The van der Waals surface area contributed by atoms with Crippen molar-refractivity contribution in [2.75, 3.05) is 16.8 Å². The van der Waals surface area contributed by atoms with E-state index < -0.39 is 5.97 Å². The van der Waals surface area contributed by atoms with Crippen molar-refractivity contribution in [2.45, 2.75) is 58.4 Å². The number of anilines is 2. The van der Waals surface area contributed by atoms with Gasteiger partial charge in [-0.1, -0.05) is 6.92 Å². The van der Waals surface area contributed by atoms with Crippen LogP contribution in [-0.2, 0) is 9.59 Å². The molecular formula is C19H27N3O3. The fourth-order valence-electron chi connectivity index (χ4n) is 3.75. The summed E-state index contributed by atoms with van der Waals surface area (Å²) < 4.78 is 0. The molecule has 0 saturated carbocycles. The third kappa shape index (κ3) is 4.18. The molecule has 0 aliphatic carbocycles. The number of carbonyl (C=O) groups excluding carboxylic acids is 1. The molecule has 6 heteroatoms. The predicted octanol–water partition coefficient (Wildman–Crippen LogP) is 3.93. The Kier molecular flexibility index (Phi) is 5.50. The zero-order valence-corrected chi connectivity index (χ0v) is 15.4. The second-order valence-electron chi connectivity index (χ2n) is 7.33. The summed E-state index contributed by atoms with van der Waals surface area (Å²) in [6.07, 6.45) is 1.68. The van der Waals surface area contributed by atoms with E-state index in [4.69, 9.17) is 5.11 Å². The van der Waals surface area contributed by atoms with Crippen molar-refractivity contribution >= 4 is 35.7 Å². The molecule has 0 bridgehead atoms. The van der Waals surface area contributed by atoms with Crippen molar-refractivity contribution in [2.24, 2.45) is 4.99 Å². The standard InChI is InChI=1S/C19H27N3O3/c1-12-11-19(3,4)22(8-6-7-18(24)25)17-10-16(21-13(2)23)15(20-5)9-14(12)17/h9-10,12H,5-8,11H2,1-4H3,(H,21,23)(H,24,25). The summed E-state index contributed by atoms with van der Waals surface area (Å²) in [4.78, 5) is 28.7. The predicted molar refractivity (Wildman–Crippen MR) is 101 cm³/mol. The highest BCUT2D eigenvalue weighted by Gasteiger charge is 2.36. The Labute approximate surface area is 148 Å². The van der Waals surface area contributed by atoms with Crippen LogP contribution in [0.25, 0.3) is 0 Å². The molecule has 1 aliphatic rings. The molecule has 6 nitrogen and oxygen atoms in total. The first kappa shape index (κ1) is 19.0. The molecule has 0 spiro atoms. The monoisotopic (exact) mass is 345 g/mol. The van der Waals surface area contributed by atoms with Gasteiger partial charge in [-0.25, -0.2) is 0 Å². The van der Waals surface area contributed by atoms with Crippen molar-refractivity contribution in [3.8, 4) is 0 Å². The number of aliphatic imine (C=N–C) groups is 1. The van der Waals surface area contributed by atoms with E-state index in [0.29, 0.717) is 30.3 Å². The van der Waals surface area contributed by atoms with Crippen LogP contribution in [0, 0.1) is 0 Å². The van der Waals surface area contributed by atoms with Crippen molar-refractivity contribution in [1.82, 2.24) is 0 Å². The van der Waals surface area contributed by atoms with Crippen LogP contribution in [0.15, 0.2) is 17.1 Å². The molecule has 136 valence electrons. The topological polar surface area (TPSA) is 82.0 Å². The van der Waals surface area contributed by atoms with Crippen LogP contribution >= 0.6 is 0 Å². The van der Waals surface area contributed by atoms with Gasteiger partial charge >= 0.3 is 5.97 Å². The molecule has 0 saturated heterocycles. The van der Waals surface area contributed by atoms with E-state index in [1.807, 2.05) is 12.1 Å². The number of carboxylic acids is 1. The largest absolute Gasteiger partial charge is 0.481 e. The minimum absolute atomic E-state index is 0.0957. The lowest BCUT2D eigenvalue weighted by Gasteiger charge is -2.48. The number of benzene rings is 1. The van der Waals surface area contributed by atoms with Gasteiger partial charge in [-0.15, -0.1) is 0 Å². The molecule has 1 unspecified atom stereocenters. The lowest BCUT2D eigenvalue weighted by Crippen LogP contribution is -2.48. The fourth-order valence-corrected chi connectivity index (χ4v) is 3.75. The lowest BCUT2D eigenvalue weighted by molar-refractivity contribution is -0.137. The molecule has 2 N–H and O–H groups in total. The number of aliphatic carboxylic acids is 1. The number of hydrogen-bond acceptors (Lipinski definition) is 4. The van der Waals surface area contributed by atoms with Crippen molar-refractivity contribution < 1.29 is 14.7 Å². The average Bonchev–Trinajstić information content (AvgIpc) is 2.48. The minimum Gasteiger partial charge on any atom is -0.481 e. The highest BCUT2D eigenvalue weighted by atomic mass is 16.4. The Morgan fingerprint density at radius 3 is 2.68 bits per heavy atom. The van der Waals surface area contributed by atoms with E-state index in [-0.39, 0.29) is 17.9 Å². The molecule has 0 aromatic heterocycles. The third-order valence-electron chi connectivity index (χ3n) is 4.76. The van der Waals surface area contributed by atoms with Gasteiger partial charge in [0.1, 0.15) is 0 Å². The van der Waals surface area contributed by atoms with Crippen LogP contribution in [0.5, 0.6) is 0 Å². The maximum absolute atomic E-state index is 11.5. The van der Waals surface area contributed by atoms with Crippen LogP contribution in [-0.4, -0.2) is 35.8 Å². The quantitative estimate of drug-likeness (QED) is 0.765. The van der Waals surface area contributed by atoms with Crippen LogP contribution in [0.2, 0.25) is 0 Å². The lowest BCUT2D eigenvalue weighted by atomic mass is 9.79. The van der Waals surface area contributed by atoms with Gasteiger partial charge in [0.05, 0.1) is 11.4 Å². The van der Waals surface area contributed by atoms with E-state index in [1.54, 1.807) is 0 Å². The van der Waals surface area contributed by atoms with Crippen LogP contribution in [0.3, 0.4) is 0 Å². The summed E-state index contributed by atoms with van der Waals surface area (Å²) in [5, 5.41) is 11.8. The summed E-state index contributed by atoms with van der Waals surface area (Å²) in [5.74, 6) is -0.605. The van der Waals surface area contributed by atoms with Gasteiger partial charge in [-0.3, -0.25) is 14.6 Å². The van der Waals surface area contributed by atoms with E-state index in [2.05, 4.69) is 42.7 Å². The summed E-state index contributed by atoms with van der Waals surface area (Å²) in [7, 11) is 0.